The lowest BCUT2D eigenvalue weighted by molar-refractivity contribution is 0.0990. The molecule has 0 amide bonds. The number of carbonyl (C=O) groups is 1. The lowest BCUT2D eigenvalue weighted by atomic mass is 10.1. The number of ketones is 1. The summed E-state index contributed by atoms with van der Waals surface area (Å²) in [6.07, 6.45) is 0.0579. The van der Waals surface area contributed by atoms with Crippen molar-refractivity contribution in [1.82, 2.24) is 20.2 Å². The first-order chi connectivity index (χ1) is 11.7. The second-order valence-electron chi connectivity index (χ2n) is 5.00. The van der Waals surface area contributed by atoms with E-state index in [-0.39, 0.29) is 12.2 Å². The van der Waals surface area contributed by atoms with E-state index in [4.69, 9.17) is 9.47 Å². The molecule has 0 aliphatic carbocycles. The number of carbonyl (C=O) groups excluding carboxylic acids is 1. The molecule has 0 atom stereocenters. The number of aromatic nitrogens is 4. The first-order valence-electron chi connectivity index (χ1n) is 7.31. The molecular formula is C17H16N4O3. The number of methoxy groups -OCH3 is 2. The number of para-hydroxylation sites is 1. The Hall–Kier alpha value is -3.22. The number of hydrogen-bond donors (Lipinski definition) is 0. The molecule has 2 aromatic carbocycles. The van der Waals surface area contributed by atoms with E-state index in [0.29, 0.717) is 22.9 Å². The van der Waals surface area contributed by atoms with Gasteiger partial charge in [0.2, 0.25) is 0 Å². The molecule has 0 aliphatic heterocycles. The Balaban J connectivity index is 1.77. The minimum absolute atomic E-state index is 0.0579. The molecule has 0 aliphatic rings. The normalized spacial score (nSPS) is 10.4. The summed E-state index contributed by atoms with van der Waals surface area (Å²) in [5.41, 5.74) is 1.29. The Labute approximate surface area is 138 Å². The highest BCUT2D eigenvalue weighted by Gasteiger charge is 2.14. The van der Waals surface area contributed by atoms with Crippen molar-refractivity contribution in [2.75, 3.05) is 14.2 Å². The first-order valence-corrected chi connectivity index (χ1v) is 7.31. The van der Waals surface area contributed by atoms with Crippen molar-refractivity contribution in [1.29, 1.82) is 0 Å². The van der Waals surface area contributed by atoms with Gasteiger partial charge in [-0.1, -0.05) is 18.2 Å². The number of ether oxygens (including phenoxy) is 2. The van der Waals surface area contributed by atoms with Gasteiger partial charge in [-0.15, -0.1) is 15.0 Å². The van der Waals surface area contributed by atoms with Crippen LogP contribution >= 0.6 is 0 Å². The minimum Gasteiger partial charge on any atom is -0.493 e. The van der Waals surface area contributed by atoms with E-state index < -0.39 is 0 Å². The van der Waals surface area contributed by atoms with Gasteiger partial charge in [0.1, 0.15) is 0 Å². The fraction of sp³-hybridized carbons (Fsp3) is 0.176. The molecule has 0 fully saturated rings. The molecule has 0 radical (unpaired) electrons. The van der Waals surface area contributed by atoms with Crippen LogP contribution in [0, 0.1) is 0 Å². The number of tetrazole rings is 1. The van der Waals surface area contributed by atoms with Crippen molar-refractivity contribution in [3.05, 3.63) is 59.9 Å². The molecule has 0 saturated heterocycles. The van der Waals surface area contributed by atoms with Crippen LogP contribution in [0.5, 0.6) is 11.5 Å². The summed E-state index contributed by atoms with van der Waals surface area (Å²) >= 11 is 0. The second-order valence-corrected chi connectivity index (χ2v) is 5.00. The monoisotopic (exact) mass is 324 g/mol. The Kier molecular flexibility index (Phi) is 4.51. The summed E-state index contributed by atoms with van der Waals surface area (Å²) in [5.74, 6) is 1.31. The van der Waals surface area contributed by atoms with Gasteiger partial charge in [-0.3, -0.25) is 4.79 Å². The third-order valence-electron chi connectivity index (χ3n) is 3.47. The smallest absolute Gasteiger partial charge is 0.182 e. The summed E-state index contributed by atoms with van der Waals surface area (Å²) in [4.78, 5) is 13.8. The standard InChI is InChI=1S/C17H16N4O3/c1-23-15-9-8-12(10-16(15)24-2)14(22)11-17-18-20-21(19-17)13-6-4-3-5-7-13/h3-10H,11H2,1-2H3. The molecular weight excluding hydrogens is 308 g/mol. The van der Waals surface area contributed by atoms with Crippen LogP contribution in [-0.4, -0.2) is 40.2 Å². The second kappa shape index (κ2) is 6.91. The van der Waals surface area contributed by atoms with Crippen molar-refractivity contribution >= 4 is 5.78 Å². The zero-order valence-corrected chi connectivity index (χ0v) is 13.3. The molecule has 3 aromatic rings. The number of rotatable bonds is 6. The van der Waals surface area contributed by atoms with Crippen LogP contribution in [0.1, 0.15) is 16.2 Å². The molecule has 7 heteroatoms. The van der Waals surface area contributed by atoms with E-state index >= 15 is 0 Å². The first kappa shape index (κ1) is 15.7. The van der Waals surface area contributed by atoms with Crippen LogP contribution in [0.3, 0.4) is 0 Å². The lowest BCUT2D eigenvalue weighted by Gasteiger charge is -2.08. The van der Waals surface area contributed by atoms with Crippen molar-refractivity contribution in [3.63, 3.8) is 0 Å². The Morgan fingerprint density at radius 3 is 2.50 bits per heavy atom. The summed E-state index contributed by atoms with van der Waals surface area (Å²) < 4.78 is 10.4. The average Bonchev–Trinajstić information content (AvgIpc) is 3.10. The number of Topliss-reactive ketones (excluding diaryl/α,β-unsaturated/α-hetero) is 1. The van der Waals surface area contributed by atoms with E-state index in [1.807, 2.05) is 30.3 Å². The Morgan fingerprint density at radius 2 is 1.79 bits per heavy atom. The summed E-state index contributed by atoms with van der Waals surface area (Å²) in [7, 11) is 3.07. The molecule has 1 heterocycles. The molecule has 0 unspecified atom stereocenters. The van der Waals surface area contributed by atoms with Crippen LogP contribution in [0.25, 0.3) is 5.69 Å². The summed E-state index contributed by atoms with van der Waals surface area (Å²) in [6, 6.07) is 14.4. The van der Waals surface area contributed by atoms with Crippen molar-refractivity contribution in [2.45, 2.75) is 6.42 Å². The van der Waals surface area contributed by atoms with Crippen molar-refractivity contribution in [3.8, 4) is 17.2 Å². The predicted molar refractivity (Wildman–Crippen MR) is 86.7 cm³/mol. The molecule has 24 heavy (non-hydrogen) atoms. The maximum absolute atomic E-state index is 12.4. The van der Waals surface area contributed by atoms with E-state index in [9.17, 15) is 4.79 Å². The Bertz CT molecular complexity index is 846. The fourth-order valence-electron chi connectivity index (χ4n) is 2.24. The van der Waals surface area contributed by atoms with Crippen LogP contribution in [0.15, 0.2) is 48.5 Å². The molecule has 0 bridgehead atoms. The SMILES string of the molecule is COc1ccc(C(=O)Cc2nnn(-c3ccccc3)n2)cc1OC. The number of benzene rings is 2. The van der Waals surface area contributed by atoms with E-state index in [1.165, 1.54) is 11.9 Å². The van der Waals surface area contributed by atoms with Crippen molar-refractivity contribution < 1.29 is 14.3 Å². The average molecular weight is 324 g/mol. The molecule has 0 N–H and O–H groups in total. The molecule has 1 aromatic heterocycles. The number of nitrogens with zero attached hydrogens (tertiary/aromatic N) is 4. The lowest BCUT2D eigenvalue weighted by Crippen LogP contribution is -2.06. The summed E-state index contributed by atoms with van der Waals surface area (Å²) in [5, 5.41) is 12.2. The van der Waals surface area contributed by atoms with E-state index in [2.05, 4.69) is 15.4 Å². The molecule has 3 rings (SSSR count). The van der Waals surface area contributed by atoms with Gasteiger partial charge in [0.25, 0.3) is 0 Å². The van der Waals surface area contributed by atoms with Gasteiger partial charge in [0.15, 0.2) is 23.1 Å². The van der Waals surface area contributed by atoms with Gasteiger partial charge in [-0.25, -0.2) is 0 Å². The third kappa shape index (κ3) is 3.24. The largest absolute Gasteiger partial charge is 0.493 e. The van der Waals surface area contributed by atoms with Gasteiger partial charge in [-0.2, -0.15) is 0 Å². The highest BCUT2D eigenvalue weighted by Crippen LogP contribution is 2.27. The van der Waals surface area contributed by atoms with Gasteiger partial charge < -0.3 is 9.47 Å². The van der Waals surface area contributed by atoms with E-state index in [1.54, 1.807) is 25.3 Å². The molecule has 122 valence electrons. The van der Waals surface area contributed by atoms with Crippen LogP contribution in [-0.2, 0) is 6.42 Å². The third-order valence-corrected chi connectivity index (χ3v) is 3.47. The number of hydrogen-bond acceptors (Lipinski definition) is 6. The fourth-order valence-corrected chi connectivity index (χ4v) is 2.24. The topological polar surface area (TPSA) is 79.1 Å². The maximum atomic E-state index is 12.4. The van der Waals surface area contributed by atoms with Crippen LogP contribution < -0.4 is 9.47 Å². The zero-order chi connectivity index (χ0) is 16.9. The highest BCUT2D eigenvalue weighted by atomic mass is 16.5. The minimum atomic E-state index is -0.122. The van der Waals surface area contributed by atoms with Crippen molar-refractivity contribution in [2.24, 2.45) is 0 Å². The Morgan fingerprint density at radius 1 is 1.04 bits per heavy atom. The molecule has 0 saturated carbocycles. The van der Waals surface area contributed by atoms with Crippen LogP contribution in [0.4, 0.5) is 0 Å². The molecule has 7 nitrogen and oxygen atoms in total. The van der Waals surface area contributed by atoms with Gasteiger partial charge in [0, 0.05) is 5.56 Å². The van der Waals surface area contributed by atoms with E-state index in [0.717, 1.165) is 5.69 Å². The highest BCUT2D eigenvalue weighted by molar-refractivity contribution is 5.97. The zero-order valence-electron chi connectivity index (χ0n) is 13.3. The van der Waals surface area contributed by atoms with Gasteiger partial charge >= 0.3 is 0 Å². The van der Waals surface area contributed by atoms with Crippen LogP contribution in [0.2, 0.25) is 0 Å². The van der Waals surface area contributed by atoms with Gasteiger partial charge in [0.05, 0.1) is 26.3 Å². The maximum Gasteiger partial charge on any atom is 0.182 e. The van der Waals surface area contributed by atoms with Gasteiger partial charge in [-0.05, 0) is 35.5 Å². The molecule has 0 spiro atoms. The summed E-state index contributed by atoms with van der Waals surface area (Å²) in [6.45, 7) is 0. The predicted octanol–water partition coefficient (Wildman–Crippen LogP) is 2.10. The quantitative estimate of drug-likeness (QED) is 0.646.